The summed E-state index contributed by atoms with van der Waals surface area (Å²) < 4.78 is 5.67. The van der Waals surface area contributed by atoms with Crippen LogP contribution in [0.3, 0.4) is 0 Å². The van der Waals surface area contributed by atoms with Crippen molar-refractivity contribution in [3.63, 3.8) is 0 Å². The van der Waals surface area contributed by atoms with Crippen LogP contribution >= 0.6 is 11.6 Å². The van der Waals surface area contributed by atoms with Crippen molar-refractivity contribution in [3.05, 3.63) is 35.2 Å². The van der Waals surface area contributed by atoms with E-state index in [1.807, 2.05) is 37.8 Å². The normalized spacial score (nSPS) is 11.2. The Hall–Kier alpha value is -1.92. The second-order valence-electron chi connectivity index (χ2n) is 5.53. The van der Waals surface area contributed by atoms with Crippen molar-refractivity contribution in [2.75, 3.05) is 13.1 Å². The lowest BCUT2D eigenvalue weighted by molar-refractivity contribution is -0.122. The minimum Gasteiger partial charge on any atom is -0.419 e. The molecule has 0 aliphatic carbocycles. The first-order chi connectivity index (χ1) is 11.0. The third-order valence-corrected chi connectivity index (χ3v) is 3.43. The van der Waals surface area contributed by atoms with Gasteiger partial charge in [-0.2, -0.15) is 0 Å². The van der Waals surface area contributed by atoms with E-state index >= 15 is 0 Å². The molecule has 0 fully saturated rings. The molecule has 1 aromatic carbocycles. The van der Waals surface area contributed by atoms with Gasteiger partial charge in [-0.3, -0.25) is 9.69 Å². The van der Waals surface area contributed by atoms with E-state index in [1.54, 1.807) is 12.1 Å². The zero-order valence-corrected chi connectivity index (χ0v) is 14.3. The molecule has 0 unspecified atom stereocenters. The van der Waals surface area contributed by atoms with Gasteiger partial charge in [0.1, 0.15) is 0 Å². The van der Waals surface area contributed by atoms with Crippen LogP contribution in [0, 0.1) is 0 Å². The van der Waals surface area contributed by atoms with Crippen LogP contribution in [0.5, 0.6) is 0 Å². The van der Waals surface area contributed by atoms with Crippen LogP contribution in [-0.2, 0) is 11.3 Å². The predicted molar refractivity (Wildman–Crippen MR) is 89.0 cm³/mol. The molecule has 2 aromatic rings. The van der Waals surface area contributed by atoms with E-state index in [2.05, 4.69) is 15.5 Å². The van der Waals surface area contributed by atoms with Gasteiger partial charge in [-0.15, -0.1) is 10.2 Å². The number of benzene rings is 1. The molecule has 0 atom stereocenters. The fourth-order valence-corrected chi connectivity index (χ4v) is 2.19. The number of hydrogen-bond donors (Lipinski definition) is 1. The van der Waals surface area contributed by atoms with Gasteiger partial charge < -0.3 is 9.73 Å². The Balaban J connectivity index is 1.99. The summed E-state index contributed by atoms with van der Waals surface area (Å²) in [6, 6.07) is 7.33. The molecule has 0 saturated heterocycles. The van der Waals surface area contributed by atoms with E-state index in [9.17, 15) is 4.79 Å². The maximum Gasteiger partial charge on any atom is 0.247 e. The number of carbonyl (C=O) groups excluding carboxylic acids is 1. The van der Waals surface area contributed by atoms with Gasteiger partial charge in [-0.25, -0.2) is 0 Å². The summed E-state index contributed by atoms with van der Waals surface area (Å²) in [5.74, 6) is 0.910. The Morgan fingerprint density at radius 3 is 2.61 bits per heavy atom. The largest absolute Gasteiger partial charge is 0.419 e. The topological polar surface area (TPSA) is 71.3 Å². The number of rotatable bonds is 7. The number of aromatic nitrogens is 2. The molecule has 2 rings (SSSR count). The zero-order chi connectivity index (χ0) is 16.8. The Bertz CT molecular complexity index is 640. The Labute approximate surface area is 140 Å². The maximum atomic E-state index is 11.8. The van der Waals surface area contributed by atoms with Gasteiger partial charge in [0.2, 0.25) is 17.7 Å². The third kappa shape index (κ3) is 5.33. The molecule has 0 aliphatic heterocycles. The molecular formula is C16H21ClN4O2. The van der Waals surface area contributed by atoms with Crippen molar-refractivity contribution in [1.29, 1.82) is 0 Å². The summed E-state index contributed by atoms with van der Waals surface area (Å²) in [4.78, 5) is 13.8. The van der Waals surface area contributed by atoms with Crippen molar-refractivity contribution in [2.24, 2.45) is 0 Å². The molecule has 0 aliphatic rings. The Morgan fingerprint density at radius 1 is 1.30 bits per heavy atom. The number of hydrogen-bond acceptors (Lipinski definition) is 5. The fourth-order valence-electron chi connectivity index (χ4n) is 2.07. The molecule has 1 aromatic heterocycles. The van der Waals surface area contributed by atoms with Crippen molar-refractivity contribution >= 4 is 17.5 Å². The quantitative estimate of drug-likeness (QED) is 0.841. The van der Waals surface area contributed by atoms with Gasteiger partial charge in [0.05, 0.1) is 13.1 Å². The van der Waals surface area contributed by atoms with E-state index in [1.165, 1.54) is 0 Å². The minimum atomic E-state index is -0.0145. The highest BCUT2D eigenvalue weighted by Gasteiger charge is 2.15. The molecule has 0 bridgehead atoms. The smallest absolute Gasteiger partial charge is 0.247 e. The summed E-state index contributed by atoms with van der Waals surface area (Å²) >= 11 is 5.87. The van der Waals surface area contributed by atoms with Crippen LogP contribution in [0.1, 0.15) is 26.7 Å². The van der Waals surface area contributed by atoms with E-state index in [0.717, 1.165) is 5.56 Å². The number of likely N-dealkylation sites (N-methyl/N-ethyl adjacent to an activating group) is 1. The molecule has 0 spiro atoms. The first-order valence-corrected chi connectivity index (χ1v) is 7.95. The zero-order valence-electron chi connectivity index (χ0n) is 13.5. The molecule has 6 nitrogen and oxygen atoms in total. The van der Waals surface area contributed by atoms with Crippen LogP contribution < -0.4 is 5.32 Å². The maximum absolute atomic E-state index is 11.8. The van der Waals surface area contributed by atoms with Gasteiger partial charge in [0, 0.05) is 16.6 Å². The van der Waals surface area contributed by atoms with Crippen LogP contribution in [-0.4, -0.2) is 40.1 Å². The van der Waals surface area contributed by atoms with Crippen LogP contribution in [0.4, 0.5) is 0 Å². The van der Waals surface area contributed by atoms with Crippen molar-refractivity contribution in [3.8, 4) is 11.5 Å². The van der Waals surface area contributed by atoms with Crippen molar-refractivity contribution in [2.45, 2.75) is 33.4 Å². The second-order valence-corrected chi connectivity index (χ2v) is 5.97. The van der Waals surface area contributed by atoms with Gasteiger partial charge >= 0.3 is 0 Å². The standard InChI is InChI=1S/C16H21ClN4O2/c1-4-21(9-14(22)18-11(2)3)10-15-19-20-16(23-15)12-5-7-13(17)8-6-12/h5-8,11H,4,9-10H2,1-3H3,(H,18,22). The summed E-state index contributed by atoms with van der Waals surface area (Å²) in [5, 5.41) is 11.6. The van der Waals surface area contributed by atoms with E-state index in [0.29, 0.717) is 36.4 Å². The lowest BCUT2D eigenvalue weighted by Crippen LogP contribution is -2.39. The molecule has 23 heavy (non-hydrogen) atoms. The molecule has 124 valence electrons. The molecule has 7 heteroatoms. The number of nitrogens with one attached hydrogen (secondary N) is 1. The van der Waals surface area contributed by atoms with Gasteiger partial charge in [0.15, 0.2) is 0 Å². The highest BCUT2D eigenvalue weighted by Crippen LogP contribution is 2.20. The number of amides is 1. The van der Waals surface area contributed by atoms with Crippen LogP contribution in [0.2, 0.25) is 5.02 Å². The summed E-state index contributed by atoms with van der Waals surface area (Å²) in [6.07, 6.45) is 0. The summed E-state index contributed by atoms with van der Waals surface area (Å²) in [5.41, 5.74) is 0.814. The first-order valence-electron chi connectivity index (χ1n) is 7.58. The van der Waals surface area contributed by atoms with Crippen molar-refractivity contribution in [1.82, 2.24) is 20.4 Å². The van der Waals surface area contributed by atoms with Gasteiger partial charge in [-0.1, -0.05) is 18.5 Å². The average Bonchev–Trinajstić information content (AvgIpc) is 2.95. The average molecular weight is 337 g/mol. The van der Waals surface area contributed by atoms with E-state index in [4.69, 9.17) is 16.0 Å². The lowest BCUT2D eigenvalue weighted by Gasteiger charge is -2.18. The SMILES string of the molecule is CCN(CC(=O)NC(C)C)Cc1nnc(-c2ccc(Cl)cc2)o1. The molecular weight excluding hydrogens is 316 g/mol. The number of carbonyl (C=O) groups is 1. The Kier molecular flexibility index (Phi) is 6.12. The fraction of sp³-hybridized carbons (Fsp3) is 0.438. The molecule has 0 saturated carbocycles. The highest BCUT2D eigenvalue weighted by atomic mass is 35.5. The number of halogens is 1. The number of nitrogens with zero attached hydrogens (tertiary/aromatic N) is 3. The van der Waals surface area contributed by atoms with E-state index in [-0.39, 0.29) is 11.9 Å². The third-order valence-electron chi connectivity index (χ3n) is 3.18. The van der Waals surface area contributed by atoms with Crippen molar-refractivity contribution < 1.29 is 9.21 Å². The monoisotopic (exact) mass is 336 g/mol. The Morgan fingerprint density at radius 2 is 2.00 bits per heavy atom. The predicted octanol–water partition coefficient (Wildman–Crippen LogP) is 2.74. The van der Waals surface area contributed by atoms with Crippen LogP contribution in [0.15, 0.2) is 28.7 Å². The molecule has 0 radical (unpaired) electrons. The summed E-state index contributed by atoms with van der Waals surface area (Å²) in [7, 11) is 0. The second kappa shape index (κ2) is 8.08. The molecule has 1 N–H and O–H groups in total. The van der Waals surface area contributed by atoms with E-state index < -0.39 is 0 Å². The highest BCUT2D eigenvalue weighted by molar-refractivity contribution is 6.30. The first kappa shape index (κ1) is 17.4. The lowest BCUT2D eigenvalue weighted by atomic mass is 10.2. The van der Waals surface area contributed by atoms with Gasteiger partial charge in [0.25, 0.3) is 0 Å². The molecule has 1 amide bonds. The minimum absolute atomic E-state index is 0.0145. The molecule has 1 heterocycles. The summed E-state index contributed by atoms with van der Waals surface area (Å²) in [6.45, 7) is 7.30. The van der Waals surface area contributed by atoms with Gasteiger partial charge in [-0.05, 0) is 44.7 Å². The van der Waals surface area contributed by atoms with Crippen LogP contribution in [0.25, 0.3) is 11.5 Å².